The zero-order valence-corrected chi connectivity index (χ0v) is 10.9. The summed E-state index contributed by atoms with van der Waals surface area (Å²) in [4.78, 5) is 4.35. The van der Waals surface area contributed by atoms with Crippen LogP contribution in [-0.4, -0.2) is 10.1 Å². The minimum absolute atomic E-state index is 0. The third kappa shape index (κ3) is 2.77. The van der Waals surface area contributed by atoms with Crippen LogP contribution in [0.15, 0.2) is 28.8 Å². The van der Waals surface area contributed by atoms with Crippen molar-refractivity contribution in [3.8, 4) is 11.5 Å². The summed E-state index contributed by atoms with van der Waals surface area (Å²) >= 11 is 0. The summed E-state index contributed by atoms with van der Waals surface area (Å²) in [6.45, 7) is 6.11. The third-order valence-electron chi connectivity index (χ3n) is 2.29. The van der Waals surface area contributed by atoms with Gasteiger partial charge in [0, 0.05) is 11.1 Å². The van der Waals surface area contributed by atoms with E-state index in [1.54, 1.807) is 0 Å². The third-order valence-corrected chi connectivity index (χ3v) is 2.29. The van der Waals surface area contributed by atoms with Crippen LogP contribution in [0, 0.1) is 0 Å². The van der Waals surface area contributed by atoms with E-state index in [0.717, 1.165) is 5.56 Å². The van der Waals surface area contributed by atoms with Crippen molar-refractivity contribution >= 4 is 18.1 Å². The molecule has 92 valence electrons. The van der Waals surface area contributed by atoms with E-state index in [-0.39, 0.29) is 17.8 Å². The second-order valence-corrected chi connectivity index (χ2v) is 4.76. The Morgan fingerprint density at radius 3 is 2.35 bits per heavy atom. The number of hydrogen-bond acceptors (Lipinski definition) is 4. The first-order valence-electron chi connectivity index (χ1n) is 5.17. The van der Waals surface area contributed by atoms with Crippen molar-refractivity contribution in [3.63, 3.8) is 0 Å². The lowest BCUT2D eigenvalue weighted by Gasteiger charge is -2.10. The van der Waals surface area contributed by atoms with E-state index >= 15 is 0 Å². The fraction of sp³-hybridized carbons (Fsp3) is 0.333. The van der Waals surface area contributed by atoms with Crippen LogP contribution in [0.1, 0.15) is 26.6 Å². The van der Waals surface area contributed by atoms with Gasteiger partial charge in [0.2, 0.25) is 0 Å². The lowest BCUT2D eigenvalue weighted by molar-refractivity contribution is 0.402. The Labute approximate surface area is 107 Å². The number of benzene rings is 1. The molecule has 2 rings (SSSR count). The monoisotopic (exact) mass is 253 g/mol. The molecule has 1 aromatic heterocycles. The van der Waals surface area contributed by atoms with E-state index in [2.05, 4.69) is 10.1 Å². The van der Waals surface area contributed by atoms with E-state index in [9.17, 15) is 0 Å². The maximum atomic E-state index is 5.84. The van der Waals surface area contributed by atoms with Crippen molar-refractivity contribution < 1.29 is 4.52 Å². The molecular formula is C12H16ClN3O. The number of nitrogen functional groups attached to an aromatic ring is 1. The molecule has 0 aliphatic carbocycles. The van der Waals surface area contributed by atoms with Crippen LogP contribution in [0.4, 0.5) is 5.69 Å². The van der Waals surface area contributed by atoms with Gasteiger partial charge in [-0.1, -0.05) is 38.1 Å². The van der Waals surface area contributed by atoms with Gasteiger partial charge in [-0.05, 0) is 12.1 Å². The van der Waals surface area contributed by atoms with Gasteiger partial charge in [-0.25, -0.2) is 0 Å². The summed E-state index contributed by atoms with van der Waals surface area (Å²) < 4.78 is 5.22. The average molecular weight is 254 g/mol. The minimum Gasteiger partial charge on any atom is -0.398 e. The Balaban J connectivity index is 0.00000144. The van der Waals surface area contributed by atoms with Gasteiger partial charge >= 0.3 is 0 Å². The van der Waals surface area contributed by atoms with Crippen molar-refractivity contribution in [1.29, 1.82) is 0 Å². The molecule has 0 aliphatic rings. The molecule has 1 aromatic carbocycles. The summed E-state index contributed by atoms with van der Waals surface area (Å²) in [5.74, 6) is 1.16. The fourth-order valence-corrected chi connectivity index (χ4v) is 1.33. The highest BCUT2D eigenvalue weighted by molar-refractivity contribution is 5.85. The van der Waals surface area contributed by atoms with Crippen LogP contribution < -0.4 is 5.73 Å². The van der Waals surface area contributed by atoms with Crippen molar-refractivity contribution in [2.24, 2.45) is 0 Å². The quantitative estimate of drug-likeness (QED) is 0.794. The molecule has 5 heteroatoms. The second-order valence-electron chi connectivity index (χ2n) is 4.76. The molecule has 17 heavy (non-hydrogen) atoms. The Hall–Kier alpha value is -1.55. The van der Waals surface area contributed by atoms with Crippen LogP contribution in [-0.2, 0) is 5.41 Å². The minimum atomic E-state index is -0.120. The van der Waals surface area contributed by atoms with Gasteiger partial charge in [0.25, 0.3) is 5.89 Å². The van der Waals surface area contributed by atoms with Crippen LogP contribution in [0.25, 0.3) is 11.5 Å². The number of nitrogens with zero attached hydrogens (tertiary/aromatic N) is 2. The molecule has 0 saturated heterocycles. The number of aromatic nitrogens is 2. The lowest BCUT2D eigenvalue weighted by atomic mass is 9.96. The molecule has 0 aliphatic heterocycles. The molecule has 0 spiro atoms. The number of nitrogens with two attached hydrogens (primary N) is 1. The highest BCUT2D eigenvalue weighted by Gasteiger charge is 2.21. The number of hydrogen-bond donors (Lipinski definition) is 1. The predicted molar refractivity (Wildman–Crippen MR) is 70.1 cm³/mol. The van der Waals surface area contributed by atoms with Crippen molar-refractivity contribution in [2.75, 3.05) is 5.73 Å². The Bertz CT molecular complexity index is 502. The SMILES string of the molecule is CC(C)(C)c1noc(-c2ccccc2N)n1.Cl. The maximum absolute atomic E-state index is 5.84. The predicted octanol–water partition coefficient (Wildman–Crippen LogP) is 3.04. The standard InChI is InChI=1S/C12H15N3O.ClH/c1-12(2,3)11-14-10(16-15-11)8-6-4-5-7-9(8)13;/h4-7H,13H2,1-3H3;1H. The van der Waals surface area contributed by atoms with Crippen LogP contribution in [0.2, 0.25) is 0 Å². The van der Waals surface area contributed by atoms with Crippen molar-refractivity contribution in [3.05, 3.63) is 30.1 Å². The number of halogens is 1. The first kappa shape index (κ1) is 13.5. The van der Waals surface area contributed by atoms with Gasteiger partial charge < -0.3 is 10.3 Å². The van der Waals surface area contributed by atoms with Crippen LogP contribution in [0.3, 0.4) is 0 Å². The molecule has 2 N–H and O–H groups in total. The molecule has 2 aromatic rings. The van der Waals surface area contributed by atoms with E-state index in [1.807, 2.05) is 45.0 Å². The summed E-state index contributed by atoms with van der Waals surface area (Å²) in [5, 5.41) is 3.96. The Kier molecular flexibility index (Phi) is 3.78. The van der Waals surface area contributed by atoms with Crippen molar-refractivity contribution in [1.82, 2.24) is 10.1 Å². The molecule has 1 heterocycles. The fourth-order valence-electron chi connectivity index (χ4n) is 1.33. The molecule has 0 saturated carbocycles. The van der Waals surface area contributed by atoms with E-state index in [1.165, 1.54) is 0 Å². The average Bonchev–Trinajstić information content (AvgIpc) is 2.66. The van der Waals surface area contributed by atoms with Gasteiger partial charge in [-0.3, -0.25) is 0 Å². The largest absolute Gasteiger partial charge is 0.398 e. The van der Waals surface area contributed by atoms with Crippen molar-refractivity contribution in [2.45, 2.75) is 26.2 Å². The van der Waals surface area contributed by atoms with Gasteiger partial charge in [0.05, 0.1) is 5.56 Å². The molecular weight excluding hydrogens is 238 g/mol. The van der Waals surface area contributed by atoms with Gasteiger partial charge in [0.15, 0.2) is 5.82 Å². The molecule has 0 fully saturated rings. The number of rotatable bonds is 1. The zero-order chi connectivity index (χ0) is 11.8. The topological polar surface area (TPSA) is 64.9 Å². The second kappa shape index (κ2) is 4.75. The first-order chi connectivity index (χ1) is 7.48. The van der Waals surface area contributed by atoms with Gasteiger partial charge in [-0.2, -0.15) is 4.98 Å². The first-order valence-corrected chi connectivity index (χ1v) is 5.17. The Morgan fingerprint density at radius 2 is 1.82 bits per heavy atom. The molecule has 0 atom stereocenters. The molecule has 0 bridgehead atoms. The Morgan fingerprint density at radius 1 is 1.18 bits per heavy atom. The number of para-hydroxylation sites is 1. The van der Waals surface area contributed by atoms with Gasteiger partial charge in [-0.15, -0.1) is 12.4 Å². The molecule has 0 unspecified atom stereocenters. The summed E-state index contributed by atoms with van der Waals surface area (Å²) in [6, 6.07) is 7.46. The molecule has 0 radical (unpaired) electrons. The molecule has 0 amide bonds. The smallest absolute Gasteiger partial charge is 0.260 e. The van der Waals surface area contributed by atoms with Crippen LogP contribution in [0.5, 0.6) is 0 Å². The van der Waals surface area contributed by atoms with Gasteiger partial charge in [0.1, 0.15) is 0 Å². The van der Waals surface area contributed by atoms with E-state index in [0.29, 0.717) is 17.4 Å². The van der Waals surface area contributed by atoms with E-state index < -0.39 is 0 Å². The van der Waals surface area contributed by atoms with Crippen LogP contribution >= 0.6 is 12.4 Å². The zero-order valence-electron chi connectivity index (χ0n) is 10.1. The highest BCUT2D eigenvalue weighted by Crippen LogP contribution is 2.26. The lowest BCUT2D eigenvalue weighted by Crippen LogP contribution is -2.13. The number of anilines is 1. The summed E-state index contributed by atoms with van der Waals surface area (Å²) in [5.41, 5.74) is 7.15. The van der Waals surface area contributed by atoms with E-state index in [4.69, 9.17) is 10.3 Å². The highest BCUT2D eigenvalue weighted by atomic mass is 35.5. The normalized spacial score (nSPS) is 11.0. The summed E-state index contributed by atoms with van der Waals surface area (Å²) in [6.07, 6.45) is 0. The maximum Gasteiger partial charge on any atom is 0.260 e. The molecule has 4 nitrogen and oxygen atoms in total. The summed E-state index contributed by atoms with van der Waals surface area (Å²) in [7, 11) is 0.